The Bertz CT molecular complexity index is 821. The molecule has 0 bridgehead atoms. The van der Waals surface area contributed by atoms with E-state index < -0.39 is 0 Å². The first-order valence-electron chi connectivity index (χ1n) is 8.57. The Morgan fingerprint density at radius 3 is 3.12 bits per heavy atom. The molecule has 140 valence electrons. The number of carbonyl (C=O) groups excluding carboxylic acids is 1. The van der Waals surface area contributed by atoms with Crippen molar-refractivity contribution in [1.82, 2.24) is 20.8 Å². The summed E-state index contributed by atoms with van der Waals surface area (Å²) in [6, 6.07) is 3.96. The second-order valence-electron chi connectivity index (χ2n) is 6.54. The molecule has 3 N–H and O–H groups in total. The fourth-order valence-corrected chi connectivity index (χ4v) is 3.48. The number of halogens is 1. The lowest BCUT2D eigenvalue weighted by Gasteiger charge is -2.14. The van der Waals surface area contributed by atoms with Gasteiger partial charge in [0.25, 0.3) is 5.91 Å². The summed E-state index contributed by atoms with van der Waals surface area (Å²) in [6.45, 7) is 3.98. The normalized spacial score (nSPS) is 17.5. The molecule has 0 spiro atoms. The highest BCUT2D eigenvalue weighted by Crippen LogP contribution is 2.35. The van der Waals surface area contributed by atoms with Gasteiger partial charge >= 0.3 is 0 Å². The van der Waals surface area contributed by atoms with Crippen molar-refractivity contribution < 1.29 is 14.3 Å². The number of aromatic amines is 1. The monoisotopic (exact) mass is 378 g/mol. The summed E-state index contributed by atoms with van der Waals surface area (Å²) in [7, 11) is 1.64. The van der Waals surface area contributed by atoms with Crippen LogP contribution in [0.2, 0.25) is 0 Å². The zero-order chi connectivity index (χ0) is 17.4. The Hall–Kier alpha value is -2.25. The van der Waals surface area contributed by atoms with Crippen LogP contribution < -0.4 is 20.1 Å². The minimum atomic E-state index is -0.182. The molecule has 4 rings (SSSR count). The third kappa shape index (κ3) is 3.37. The second-order valence-corrected chi connectivity index (χ2v) is 6.54. The number of methoxy groups -OCH3 is 1. The molecule has 7 nitrogen and oxygen atoms in total. The number of fused-ring (bicyclic) bond motifs is 2. The lowest BCUT2D eigenvalue weighted by molar-refractivity contribution is 0.0944. The van der Waals surface area contributed by atoms with Crippen LogP contribution in [-0.2, 0) is 25.9 Å². The zero-order valence-corrected chi connectivity index (χ0v) is 15.7. The molecule has 3 heterocycles. The molecule has 8 heteroatoms. The Kier molecular flexibility index (Phi) is 5.38. The third-order valence-corrected chi connectivity index (χ3v) is 4.76. The largest absolute Gasteiger partial charge is 0.496 e. The average Bonchev–Trinajstić information content (AvgIpc) is 3.20. The van der Waals surface area contributed by atoms with Crippen molar-refractivity contribution in [2.75, 3.05) is 13.7 Å². The SMILES string of the molecule is COc1cc2c(cc1CNC(=O)c1n[nH]c3c1CNCC3)OC(C)C2.Cl. The molecule has 1 unspecified atom stereocenters. The molecule has 0 fully saturated rings. The van der Waals surface area contributed by atoms with Crippen molar-refractivity contribution in [3.63, 3.8) is 0 Å². The fourth-order valence-electron chi connectivity index (χ4n) is 3.48. The predicted octanol–water partition coefficient (Wildman–Crippen LogP) is 1.74. The summed E-state index contributed by atoms with van der Waals surface area (Å²) in [5, 5.41) is 13.4. The third-order valence-electron chi connectivity index (χ3n) is 4.76. The van der Waals surface area contributed by atoms with E-state index in [9.17, 15) is 4.79 Å². The van der Waals surface area contributed by atoms with E-state index in [0.29, 0.717) is 18.8 Å². The summed E-state index contributed by atoms with van der Waals surface area (Å²) in [5.74, 6) is 1.46. The van der Waals surface area contributed by atoms with E-state index in [1.54, 1.807) is 7.11 Å². The smallest absolute Gasteiger partial charge is 0.272 e. The van der Waals surface area contributed by atoms with Gasteiger partial charge in [0, 0.05) is 54.9 Å². The molecule has 2 aliphatic heterocycles. The Labute approximate surface area is 158 Å². The minimum Gasteiger partial charge on any atom is -0.496 e. The van der Waals surface area contributed by atoms with Crippen LogP contribution in [0.25, 0.3) is 0 Å². The molecule has 0 radical (unpaired) electrons. The second kappa shape index (κ2) is 7.55. The first-order chi connectivity index (χ1) is 12.2. The van der Waals surface area contributed by atoms with Gasteiger partial charge in [-0.05, 0) is 19.1 Å². The molecular weight excluding hydrogens is 356 g/mol. The lowest BCUT2D eigenvalue weighted by Crippen LogP contribution is -2.28. The Morgan fingerprint density at radius 2 is 2.31 bits per heavy atom. The number of amides is 1. The maximum Gasteiger partial charge on any atom is 0.272 e. The van der Waals surface area contributed by atoms with Crippen LogP contribution in [-0.4, -0.2) is 35.9 Å². The quantitative estimate of drug-likeness (QED) is 0.754. The molecule has 26 heavy (non-hydrogen) atoms. The van der Waals surface area contributed by atoms with E-state index >= 15 is 0 Å². The van der Waals surface area contributed by atoms with E-state index in [2.05, 4.69) is 20.8 Å². The predicted molar refractivity (Wildman–Crippen MR) is 99.2 cm³/mol. The minimum absolute atomic E-state index is 0. The van der Waals surface area contributed by atoms with E-state index in [0.717, 1.165) is 53.3 Å². The van der Waals surface area contributed by atoms with Gasteiger partial charge in [-0.1, -0.05) is 0 Å². The topological polar surface area (TPSA) is 88.3 Å². The van der Waals surface area contributed by atoms with Crippen LogP contribution >= 0.6 is 12.4 Å². The van der Waals surface area contributed by atoms with Crippen LogP contribution in [0.1, 0.15) is 39.8 Å². The molecule has 0 saturated heterocycles. The molecule has 2 aliphatic rings. The summed E-state index contributed by atoms with van der Waals surface area (Å²) in [4.78, 5) is 12.5. The van der Waals surface area contributed by atoms with Crippen LogP contribution in [0.5, 0.6) is 11.5 Å². The summed E-state index contributed by atoms with van der Waals surface area (Å²) < 4.78 is 11.3. The number of ether oxygens (including phenoxy) is 2. The first kappa shape index (κ1) is 18.5. The van der Waals surface area contributed by atoms with Crippen molar-refractivity contribution in [3.05, 3.63) is 40.2 Å². The molecule has 2 aromatic rings. The average molecular weight is 379 g/mol. The van der Waals surface area contributed by atoms with Crippen LogP contribution in [0.15, 0.2) is 12.1 Å². The summed E-state index contributed by atoms with van der Waals surface area (Å²) in [6.07, 6.45) is 1.92. The fraction of sp³-hybridized carbons (Fsp3) is 0.444. The van der Waals surface area contributed by atoms with Crippen LogP contribution in [0, 0.1) is 0 Å². The highest BCUT2D eigenvalue weighted by molar-refractivity contribution is 5.94. The standard InChI is InChI=1S/C18H22N4O3.ClH/c1-10-5-11-6-15(24-2)12(7-16(11)25-10)8-20-18(23)17-13-9-19-4-3-14(13)21-22-17;/h6-7,10,19H,3-5,8-9H2,1-2H3,(H,20,23)(H,21,22);1H. The number of hydrogen-bond donors (Lipinski definition) is 3. The van der Waals surface area contributed by atoms with E-state index in [-0.39, 0.29) is 24.4 Å². The zero-order valence-electron chi connectivity index (χ0n) is 14.8. The van der Waals surface area contributed by atoms with Gasteiger partial charge in [0.1, 0.15) is 17.6 Å². The highest BCUT2D eigenvalue weighted by atomic mass is 35.5. The Morgan fingerprint density at radius 1 is 1.46 bits per heavy atom. The maximum absolute atomic E-state index is 12.5. The lowest BCUT2D eigenvalue weighted by atomic mass is 10.1. The van der Waals surface area contributed by atoms with Gasteiger partial charge in [-0.25, -0.2) is 0 Å². The van der Waals surface area contributed by atoms with Crippen molar-refractivity contribution in [1.29, 1.82) is 0 Å². The van der Waals surface area contributed by atoms with E-state index in [1.165, 1.54) is 0 Å². The number of nitrogens with zero attached hydrogens (tertiary/aromatic N) is 1. The number of carbonyl (C=O) groups is 1. The molecule has 0 aliphatic carbocycles. The van der Waals surface area contributed by atoms with E-state index in [4.69, 9.17) is 9.47 Å². The number of H-pyrrole nitrogens is 1. The van der Waals surface area contributed by atoms with Crippen LogP contribution in [0.3, 0.4) is 0 Å². The number of aromatic nitrogens is 2. The molecule has 1 aromatic carbocycles. The molecule has 0 saturated carbocycles. The molecule has 1 atom stereocenters. The molecule has 1 aromatic heterocycles. The molecule has 1 amide bonds. The summed E-state index contributed by atoms with van der Waals surface area (Å²) >= 11 is 0. The van der Waals surface area contributed by atoms with Gasteiger partial charge in [-0.3, -0.25) is 9.89 Å². The van der Waals surface area contributed by atoms with Gasteiger partial charge in [-0.15, -0.1) is 12.4 Å². The maximum atomic E-state index is 12.5. The number of hydrogen-bond acceptors (Lipinski definition) is 5. The van der Waals surface area contributed by atoms with Crippen molar-refractivity contribution in [2.45, 2.75) is 39.0 Å². The van der Waals surface area contributed by atoms with Crippen molar-refractivity contribution in [3.8, 4) is 11.5 Å². The van der Waals surface area contributed by atoms with Gasteiger partial charge < -0.3 is 20.1 Å². The van der Waals surface area contributed by atoms with Crippen molar-refractivity contribution in [2.24, 2.45) is 0 Å². The van der Waals surface area contributed by atoms with Gasteiger partial charge in [0.2, 0.25) is 0 Å². The molecular formula is C18H23ClN4O3. The Balaban J connectivity index is 0.00000196. The van der Waals surface area contributed by atoms with Crippen LogP contribution in [0.4, 0.5) is 0 Å². The van der Waals surface area contributed by atoms with Gasteiger partial charge in [0.15, 0.2) is 5.69 Å². The number of benzene rings is 1. The van der Waals surface area contributed by atoms with Gasteiger partial charge in [0.05, 0.1) is 7.11 Å². The highest BCUT2D eigenvalue weighted by Gasteiger charge is 2.24. The number of nitrogens with one attached hydrogen (secondary N) is 3. The van der Waals surface area contributed by atoms with Gasteiger partial charge in [-0.2, -0.15) is 5.10 Å². The number of rotatable bonds is 4. The first-order valence-corrected chi connectivity index (χ1v) is 8.57. The van der Waals surface area contributed by atoms with Crippen molar-refractivity contribution >= 4 is 18.3 Å². The summed E-state index contributed by atoms with van der Waals surface area (Å²) in [5.41, 5.74) is 4.51. The van der Waals surface area contributed by atoms with E-state index in [1.807, 2.05) is 19.1 Å².